The molecular formula is C25H38N6O. The van der Waals surface area contributed by atoms with Crippen LogP contribution in [0.3, 0.4) is 0 Å². The van der Waals surface area contributed by atoms with Gasteiger partial charge in [0.25, 0.3) is 0 Å². The maximum Gasteiger partial charge on any atom is 0.191 e. The van der Waals surface area contributed by atoms with Crippen LogP contribution < -0.4 is 15.5 Å². The van der Waals surface area contributed by atoms with E-state index in [1.165, 1.54) is 37.9 Å². The van der Waals surface area contributed by atoms with Crippen LogP contribution in [0.5, 0.6) is 0 Å². The molecular weight excluding hydrogens is 400 g/mol. The standard InChI is InChI=1S/C25H38N6O/c1-2-30-15-3-5-23(30)20-29-25(27-14-9-24-6-4-18-32-24)28-19-21-10-16-31(17-11-21)22-7-12-26-13-8-22/h4,6-8,12-13,18,21,23H,2-3,5,9-11,14-17,19-20H2,1H3,(H2,27,28,29). The van der Waals surface area contributed by atoms with Gasteiger partial charge in [-0.25, -0.2) is 0 Å². The maximum absolute atomic E-state index is 5.47. The lowest BCUT2D eigenvalue weighted by molar-refractivity contribution is 0.267. The molecule has 0 saturated carbocycles. The SMILES string of the molecule is CCN1CCCC1CNC(=NCC1CCN(c2ccncc2)CC1)NCCc1ccco1. The topological polar surface area (TPSA) is 68.9 Å². The maximum atomic E-state index is 5.47. The van der Waals surface area contributed by atoms with Gasteiger partial charge in [-0.1, -0.05) is 6.92 Å². The minimum Gasteiger partial charge on any atom is -0.469 e. The van der Waals surface area contributed by atoms with E-state index in [-0.39, 0.29) is 0 Å². The third-order valence-corrected chi connectivity index (χ3v) is 6.80. The number of hydrogen-bond donors (Lipinski definition) is 2. The van der Waals surface area contributed by atoms with Crippen LogP contribution in [0.4, 0.5) is 5.69 Å². The fraction of sp³-hybridized carbons (Fsp3) is 0.600. The Hall–Kier alpha value is -2.54. The fourth-order valence-corrected chi connectivity index (χ4v) is 4.84. The van der Waals surface area contributed by atoms with Gasteiger partial charge in [0.05, 0.1) is 6.26 Å². The van der Waals surface area contributed by atoms with Gasteiger partial charge in [-0.3, -0.25) is 14.9 Å². The first-order valence-electron chi connectivity index (χ1n) is 12.3. The number of piperidine rings is 1. The normalized spacial score (nSPS) is 20.6. The number of anilines is 1. The van der Waals surface area contributed by atoms with Crippen molar-refractivity contribution in [2.75, 3.05) is 50.7 Å². The summed E-state index contributed by atoms with van der Waals surface area (Å²) < 4.78 is 5.47. The second kappa shape index (κ2) is 11.9. The van der Waals surface area contributed by atoms with Crippen LogP contribution in [0, 0.1) is 5.92 Å². The summed E-state index contributed by atoms with van der Waals surface area (Å²) in [6.45, 7) is 9.44. The number of aliphatic imine (C=N–C) groups is 1. The number of pyridine rings is 1. The van der Waals surface area contributed by atoms with E-state index in [2.05, 4.69) is 44.5 Å². The first-order chi connectivity index (χ1) is 15.8. The Bertz CT molecular complexity index is 801. The predicted octanol–water partition coefficient (Wildman–Crippen LogP) is 3.15. The molecule has 4 heterocycles. The Morgan fingerprint density at radius 1 is 1.12 bits per heavy atom. The van der Waals surface area contributed by atoms with E-state index in [0.29, 0.717) is 12.0 Å². The molecule has 2 N–H and O–H groups in total. The highest BCUT2D eigenvalue weighted by atomic mass is 16.3. The van der Waals surface area contributed by atoms with Crippen molar-refractivity contribution in [3.63, 3.8) is 0 Å². The molecule has 7 nitrogen and oxygen atoms in total. The third kappa shape index (κ3) is 6.48. The monoisotopic (exact) mass is 438 g/mol. The number of aromatic nitrogens is 1. The van der Waals surface area contributed by atoms with Gasteiger partial charge in [-0.2, -0.15) is 0 Å². The summed E-state index contributed by atoms with van der Waals surface area (Å²) in [4.78, 5) is 14.2. The minimum absolute atomic E-state index is 0.612. The highest BCUT2D eigenvalue weighted by Crippen LogP contribution is 2.23. The molecule has 2 fully saturated rings. The molecule has 4 rings (SSSR count). The van der Waals surface area contributed by atoms with Crippen LogP contribution in [0.1, 0.15) is 38.4 Å². The second-order valence-corrected chi connectivity index (χ2v) is 8.89. The molecule has 174 valence electrons. The molecule has 1 atom stereocenters. The Kier molecular flexibility index (Phi) is 8.42. The van der Waals surface area contributed by atoms with Crippen molar-refractivity contribution in [3.05, 3.63) is 48.7 Å². The number of likely N-dealkylation sites (tertiary alicyclic amines) is 1. The van der Waals surface area contributed by atoms with E-state index in [9.17, 15) is 0 Å². The third-order valence-electron chi connectivity index (χ3n) is 6.80. The molecule has 1 unspecified atom stereocenters. The van der Waals surface area contributed by atoms with Crippen LogP contribution in [0.2, 0.25) is 0 Å². The summed E-state index contributed by atoms with van der Waals surface area (Å²) in [7, 11) is 0. The molecule has 7 heteroatoms. The number of rotatable bonds is 9. The van der Waals surface area contributed by atoms with E-state index in [1.54, 1.807) is 6.26 Å². The Balaban J connectivity index is 1.28. The van der Waals surface area contributed by atoms with Crippen molar-refractivity contribution in [3.8, 4) is 0 Å². The van der Waals surface area contributed by atoms with Gasteiger partial charge in [0, 0.05) is 63.3 Å². The van der Waals surface area contributed by atoms with Crippen LogP contribution in [0.25, 0.3) is 0 Å². The van der Waals surface area contributed by atoms with E-state index < -0.39 is 0 Å². The summed E-state index contributed by atoms with van der Waals surface area (Å²) in [5, 5.41) is 7.16. The van der Waals surface area contributed by atoms with Gasteiger partial charge in [0.15, 0.2) is 5.96 Å². The lowest BCUT2D eigenvalue weighted by Crippen LogP contribution is -2.45. The van der Waals surface area contributed by atoms with Crippen molar-refractivity contribution in [2.24, 2.45) is 10.9 Å². The lowest BCUT2D eigenvalue weighted by Gasteiger charge is -2.33. The molecule has 0 bridgehead atoms. The van der Waals surface area contributed by atoms with Gasteiger partial charge in [-0.15, -0.1) is 0 Å². The van der Waals surface area contributed by atoms with Crippen LogP contribution in [-0.2, 0) is 6.42 Å². The van der Waals surface area contributed by atoms with Gasteiger partial charge >= 0.3 is 0 Å². The van der Waals surface area contributed by atoms with Crippen LogP contribution >= 0.6 is 0 Å². The molecule has 0 spiro atoms. The van der Waals surface area contributed by atoms with E-state index in [4.69, 9.17) is 9.41 Å². The highest BCUT2D eigenvalue weighted by molar-refractivity contribution is 5.79. The Morgan fingerprint density at radius 2 is 1.97 bits per heavy atom. The van der Waals surface area contributed by atoms with Crippen LogP contribution in [0.15, 0.2) is 52.3 Å². The van der Waals surface area contributed by atoms with Crippen molar-refractivity contribution in [1.29, 1.82) is 0 Å². The fourth-order valence-electron chi connectivity index (χ4n) is 4.84. The average Bonchev–Trinajstić information content (AvgIpc) is 3.53. The number of hydrogen-bond acceptors (Lipinski definition) is 5. The molecule has 0 amide bonds. The molecule has 2 aromatic heterocycles. The summed E-state index contributed by atoms with van der Waals surface area (Å²) in [6.07, 6.45) is 11.3. The first-order valence-corrected chi connectivity index (χ1v) is 12.3. The second-order valence-electron chi connectivity index (χ2n) is 8.89. The zero-order chi connectivity index (χ0) is 22.0. The molecule has 0 radical (unpaired) electrons. The van der Waals surface area contributed by atoms with E-state index >= 15 is 0 Å². The summed E-state index contributed by atoms with van der Waals surface area (Å²) in [5.74, 6) is 2.58. The van der Waals surface area contributed by atoms with Crippen molar-refractivity contribution >= 4 is 11.6 Å². The summed E-state index contributed by atoms with van der Waals surface area (Å²) in [5.41, 5.74) is 1.28. The smallest absolute Gasteiger partial charge is 0.191 e. The van der Waals surface area contributed by atoms with E-state index in [0.717, 1.165) is 57.4 Å². The van der Waals surface area contributed by atoms with E-state index in [1.807, 2.05) is 24.5 Å². The Morgan fingerprint density at radius 3 is 2.72 bits per heavy atom. The number of nitrogens with one attached hydrogen (secondary N) is 2. The van der Waals surface area contributed by atoms with Crippen molar-refractivity contribution < 1.29 is 4.42 Å². The lowest BCUT2D eigenvalue weighted by atomic mass is 9.97. The largest absolute Gasteiger partial charge is 0.469 e. The number of likely N-dealkylation sites (N-methyl/N-ethyl adjacent to an activating group) is 1. The minimum atomic E-state index is 0.612. The molecule has 2 aliphatic rings. The molecule has 2 aliphatic heterocycles. The molecule has 2 aromatic rings. The zero-order valence-electron chi connectivity index (χ0n) is 19.4. The first kappa shape index (κ1) is 22.6. The van der Waals surface area contributed by atoms with Crippen molar-refractivity contribution in [2.45, 2.75) is 45.1 Å². The highest BCUT2D eigenvalue weighted by Gasteiger charge is 2.23. The zero-order valence-corrected chi connectivity index (χ0v) is 19.4. The quantitative estimate of drug-likeness (QED) is 0.463. The molecule has 2 saturated heterocycles. The average molecular weight is 439 g/mol. The van der Waals surface area contributed by atoms with Gasteiger partial charge in [0.2, 0.25) is 0 Å². The summed E-state index contributed by atoms with van der Waals surface area (Å²) >= 11 is 0. The van der Waals surface area contributed by atoms with Crippen molar-refractivity contribution in [1.82, 2.24) is 20.5 Å². The molecule has 32 heavy (non-hydrogen) atoms. The number of nitrogens with zero attached hydrogens (tertiary/aromatic N) is 4. The number of furan rings is 1. The Labute approximate surface area is 192 Å². The van der Waals surface area contributed by atoms with Gasteiger partial charge in [-0.05, 0) is 69.0 Å². The summed E-state index contributed by atoms with van der Waals surface area (Å²) in [6, 6.07) is 8.79. The van der Waals surface area contributed by atoms with Gasteiger partial charge in [0.1, 0.15) is 5.76 Å². The predicted molar refractivity (Wildman–Crippen MR) is 130 cm³/mol. The van der Waals surface area contributed by atoms with Gasteiger partial charge < -0.3 is 20.0 Å². The van der Waals surface area contributed by atoms with Crippen LogP contribution in [-0.4, -0.2) is 67.7 Å². The number of guanidine groups is 1. The molecule has 0 aliphatic carbocycles. The molecule has 0 aromatic carbocycles.